The van der Waals surface area contributed by atoms with Gasteiger partial charge in [-0.1, -0.05) is 59.6 Å². The summed E-state index contributed by atoms with van der Waals surface area (Å²) in [4.78, 5) is 4.99. The Morgan fingerprint density at radius 1 is 1.00 bits per heavy atom. The lowest BCUT2D eigenvalue weighted by molar-refractivity contribution is 0.601. The number of halogens is 1. The normalized spacial score (nSPS) is 11.5. The summed E-state index contributed by atoms with van der Waals surface area (Å²) in [5, 5.41) is 8.49. The molecule has 0 atom stereocenters. The first-order chi connectivity index (χ1) is 17.3. The number of aryl methyl sites for hydroxylation is 1. The molecule has 0 aliphatic heterocycles. The van der Waals surface area contributed by atoms with Crippen LogP contribution in [0, 0.1) is 6.92 Å². The first kappa shape index (κ1) is 23.9. The van der Waals surface area contributed by atoms with Gasteiger partial charge in [0.05, 0.1) is 10.6 Å². The summed E-state index contributed by atoms with van der Waals surface area (Å²) in [5.41, 5.74) is 5.62. The molecule has 0 radical (unpaired) electrons. The summed E-state index contributed by atoms with van der Waals surface area (Å²) < 4.78 is 30.0. The fraction of sp³-hybridized carbons (Fsp3) is 0.0769. The highest BCUT2D eigenvalue weighted by Gasteiger charge is 2.15. The van der Waals surface area contributed by atoms with Gasteiger partial charge in [0.15, 0.2) is 5.65 Å². The van der Waals surface area contributed by atoms with E-state index in [4.69, 9.17) is 16.6 Å². The number of hydrogen-bond acceptors (Lipinski definition) is 5. The maximum atomic E-state index is 12.8. The first-order valence-electron chi connectivity index (χ1n) is 11.3. The van der Waals surface area contributed by atoms with E-state index in [9.17, 15) is 8.42 Å². The van der Waals surface area contributed by atoms with Gasteiger partial charge in [-0.05, 0) is 48.3 Å². The largest absolute Gasteiger partial charge is 0.366 e. The Bertz CT molecular complexity index is 1670. The molecule has 5 aromatic rings. The van der Waals surface area contributed by atoms with Crippen LogP contribution in [0.15, 0.2) is 90.0 Å². The quantitative estimate of drug-likeness (QED) is 0.320. The van der Waals surface area contributed by atoms with Crippen LogP contribution in [0.3, 0.4) is 0 Å². The summed E-state index contributed by atoms with van der Waals surface area (Å²) in [6.45, 7) is 2.36. The van der Waals surface area contributed by atoms with Crippen LogP contribution in [0.25, 0.3) is 16.9 Å². The minimum absolute atomic E-state index is 0.219. The Hall–Kier alpha value is -3.82. The zero-order valence-corrected chi connectivity index (χ0v) is 21.3. The maximum absolute atomic E-state index is 12.8. The van der Waals surface area contributed by atoms with Crippen LogP contribution in [-0.4, -0.2) is 30.9 Å². The zero-order chi connectivity index (χ0) is 25.3. The van der Waals surface area contributed by atoms with Crippen molar-refractivity contribution in [2.75, 3.05) is 10.0 Å². The number of rotatable bonds is 7. The second-order valence-electron chi connectivity index (χ2n) is 8.54. The van der Waals surface area contributed by atoms with Crippen LogP contribution in [-0.2, 0) is 16.6 Å². The van der Waals surface area contributed by atoms with Crippen LogP contribution in [0.2, 0.25) is 5.02 Å². The van der Waals surface area contributed by atoms with Crippen molar-refractivity contribution >= 4 is 52.1 Å². The van der Waals surface area contributed by atoms with E-state index in [0.29, 0.717) is 17.3 Å². The third-order valence-electron chi connectivity index (χ3n) is 5.78. The van der Waals surface area contributed by atoms with E-state index in [1.54, 1.807) is 47.1 Å². The predicted octanol–water partition coefficient (Wildman–Crippen LogP) is 4.03. The summed E-state index contributed by atoms with van der Waals surface area (Å²) in [6, 6.07) is 23.5. The lowest BCUT2D eigenvalue weighted by Gasteiger charge is -2.13. The third kappa shape index (κ3) is 4.93. The Balaban J connectivity index is 1.40. The van der Waals surface area contributed by atoms with Gasteiger partial charge < -0.3 is 5.32 Å². The molecule has 0 unspecified atom stereocenters. The molecule has 2 N–H and O–H groups in total. The Labute approximate surface area is 215 Å². The summed E-state index contributed by atoms with van der Waals surface area (Å²) in [5.74, 6) is 0.744. The highest BCUT2D eigenvalue weighted by atomic mass is 35.5. The van der Waals surface area contributed by atoms with E-state index in [1.165, 1.54) is 0 Å². The maximum Gasteiger partial charge on any atom is 0.261 e. The fourth-order valence-corrected chi connectivity index (χ4v) is 5.16. The van der Waals surface area contributed by atoms with Crippen molar-refractivity contribution in [3.63, 3.8) is 0 Å². The SMILES string of the molecule is Bc1cnn2c(NCc3cccc(NS(=O)(=O)c4ccc(C)cc4)c3)cc(-c3ccccc3Cl)nc12. The zero-order valence-electron chi connectivity index (χ0n) is 19.7. The molecule has 0 aliphatic rings. The molecule has 0 fully saturated rings. The van der Waals surface area contributed by atoms with E-state index in [1.807, 2.05) is 57.2 Å². The van der Waals surface area contributed by atoms with Crippen molar-refractivity contribution in [2.24, 2.45) is 0 Å². The van der Waals surface area contributed by atoms with E-state index in [-0.39, 0.29) is 4.90 Å². The van der Waals surface area contributed by atoms with Crippen molar-refractivity contribution in [1.29, 1.82) is 0 Å². The monoisotopic (exact) mass is 515 g/mol. The van der Waals surface area contributed by atoms with Gasteiger partial charge in [-0.2, -0.15) is 9.61 Å². The smallest absolute Gasteiger partial charge is 0.261 e. The number of fused-ring (bicyclic) bond motifs is 1. The van der Waals surface area contributed by atoms with Gasteiger partial charge in [0.25, 0.3) is 10.0 Å². The highest BCUT2D eigenvalue weighted by molar-refractivity contribution is 7.92. The second kappa shape index (κ2) is 9.68. The second-order valence-corrected chi connectivity index (χ2v) is 10.6. The number of aromatic nitrogens is 3. The van der Waals surface area contributed by atoms with Crippen molar-refractivity contribution < 1.29 is 8.42 Å². The average molecular weight is 516 g/mol. The molecule has 0 bridgehead atoms. The summed E-state index contributed by atoms with van der Waals surface area (Å²) in [6.07, 6.45) is 1.77. The molecule has 10 heteroatoms. The van der Waals surface area contributed by atoms with Gasteiger partial charge >= 0.3 is 0 Å². The molecule has 3 aromatic carbocycles. The van der Waals surface area contributed by atoms with E-state index < -0.39 is 10.0 Å². The van der Waals surface area contributed by atoms with Crippen LogP contribution in [0.1, 0.15) is 11.1 Å². The third-order valence-corrected chi connectivity index (χ3v) is 7.51. The van der Waals surface area contributed by atoms with Gasteiger partial charge in [-0.15, -0.1) is 0 Å². The number of benzene rings is 3. The summed E-state index contributed by atoms with van der Waals surface area (Å²) in [7, 11) is -1.73. The first-order valence-corrected chi connectivity index (χ1v) is 13.2. The molecule has 0 aliphatic carbocycles. The molecule has 2 aromatic heterocycles. The van der Waals surface area contributed by atoms with Crippen molar-refractivity contribution in [3.8, 4) is 11.3 Å². The van der Waals surface area contributed by atoms with Crippen molar-refractivity contribution in [1.82, 2.24) is 14.6 Å². The number of nitrogens with zero attached hydrogens (tertiary/aromatic N) is 3. The highest BCUT2D eigenvalue weighted by Crippen LogP contribution is 2.28. The molecule has 0 spiro atoms. The summed E-state index contributed by atoms with van der Waals surface area (Å²) >= 11 is 6.43. The van der Waals surface area contributed by atoms with Gasteiger partial charge in [-0.25, -0.2) is 13.4 Å². The minimum Gasteiger partial charge on any atom is -0.366 e. The topological polar surface area (TPSA) is 88.4 Å². The van der Waals surface area contributed by atoms with Crippen LogP contribution >= 0.6 is 11.6 Å². The lowest BCUT2D eigenvalue weighted by Crippen LogP contribution is -2.13. The molecular formula is C26H23BClN5O2S. The van der Waals surface area contributed by atoms with E-state index in [0.717, 1.165) is 39.3 Å². The van der Waals surface area contributed by atoms with Crippen LogP contribution in [0.4, 0.5) is 11.5 Å². The molecule has 0 saturated carbocycles. The number of anilines is 2. The van der Waals surface area contributed by atoms with Crippen molar-refractivity contribution in [3.05, 3.63) is 101 Å². The van der Waals surface area contributed by atoms with Crippen LogP contribution in [0.5, 0.6) is 0 Å². The van der Waals surface area contributed by atoms with Gasteiger partial charge in [0.1, 0.15) is 13.7 Å². The molecular weight excluding hydrogens is 493 g/mol. The molecule has 0 amide bonds. The Morgan fingerprint density at radius 3 is 2.56 bits per heavy atom. The van der Waals surface area contributed by atoms with Crippen LogP contribution < -0.4 is 15.5 Å². The number of sulfonamides is 1. The van der Waals surface area contributed by atoms with Gasteiger partial charge in [0, 0.05) is 35.1 Å². The molecule has 36 heavy (non-hydrogen) atoms. The lowest BCUT2D eigenvalue weighted by atomic mass is 10.0. The molecule has 180 valence electrons. The van der Waals surface area contributed by atoms with Gasteiger partial charge in [-0.3, -0.25) is 4.72 Å². The average Bonchev–Trinajstić information content (AvgIpc) is 3.24. The van der Waals surface area contributed by atoms with Gasteiger partial charge in [0.2, 0.25) is 0 Å². The minimum atomic E-state index is -3.69. The molecule has 2 heterocycles. The Morgan fingerprint density at radius 2 is 1.78 bits per heavy atom. The number of hydrogen-bond donors (Lipinski definition) is 2. The molecule has 0 saturated heterocycles. The fourth-order valence-electron chi connectivity index (χ4n) is 3.87. The van der Waals surface area contributed by atoms with E-state index in [2.05, 4.69) is 15.1 Å². The van der Waals surface area contributed by atoms with E-state index >= 15 is 0 Å². The standard InChI is InChI=1S/C26H23BClN5O2S/c1-17-9-11-20(12-10-17)36(34,35)32-19-6-4-5-18(13-19)15-29-25-14-24(21-7-2-3-8-23(21)28)31-26-22(27)16-30-33(25)26/h2-14,16,29,32H,15,27H2,1H3. The van der Waals surface area contributed by atoms with Crippen molar-refractivity contribution in [2.45, 2.75) is 18.4 Å². The molecule has 7 nitrogen and oxygen atoms in total. The molecule has 5 rings (SSSR count). The number of nitrogens with one attached hydrogen (secondary N) is 2. The Kier molecular flexibility index (Phi) is 6.43. The predicted molar refractivity (Wildman–Crippen MR) is 147 cm³/mol.